The van der Waals surface area contributed by atoms with Gasteiger partial charge in [0.25, 0.3) is 0 Å². The number of benzene rings is 2. The van der Waals surface area contributed by atoms with Crippen molar-refractivity contribution in [2.45, 2.75) is 6.54 Å². The van der Waals surface area contributed by atoms with Gasteiger partial charge < -0.3 is 14.8 Å². The van der Waals surface area contributed by atoms with E-state index in [1.54, 1.807) is 7.11 Å². The minimum Gasteiger partial charge on any atom is -0.457 e. The van der Waals surface area contributed by atoms with Crippen molar-refractivity contribution in [1.29, 1.82) is 0 Å². The van der Waals surface area contributed by atoms with Crippen LogP contribution in [0.2, 0.25) is 0 Å². The van der Waals surface area contributed by atoms with Gasteiger partial charge in [0.2, 0.25) is 0 Å². The van der Waals surface area contributed by atoms with Gasteiger partial charge in [-0.15, -0.1) is 0 Å². The van der Waals surface area contributed by atoms with E-state index in [2.05, 4.69) is 49.9 Å². The molecule has 0 aromatic heterocycles. The summed E-state index contributed by atoms with van der Waals surface area (Å²) in [6.45, 7) is 2.25. The van der Waals surface area contributed by atoms with E-state index < -0.39 is 0 Å². The zero-order chi connectivity index (χ0) is 15.1. The van der Waals surface area contributed by atoms with Crippen LogP contribution in [0, 0.1) is 3.57 Å². The molecule has 0 bridgehead atoms. The first-order valence-electron chi connectivity index (χ1n) is 6.60. The molecular weight excluding hydrogens is 445 g/mol. The van der Waals surface area contributed by atoms with Crippen molar-refractivity contribution in [2.24, 2.45) is 0 Å². The third-order valence-corrected chi connectivity index (χ3v) is 4.07. The first-order chi connectivity index (χ1) is 10.2. The van der Waals surface area contributed by atoms with Gasteiger partial charge in [0, 0.05) is 33.8 Å². The second kappa shape index (κ2) is 8.73. The minimum absolute atomic E-state index is 0.696. The van der Waals surface area contributed by atoms with Gasteiger partial charge in [0.05, 0.1) is 6.61 Å². The van der Waals surface area contributed by atoms with Crippen LogP contribution >= 0.6 is 38.5 Å². The van der Waals surface area contributed by atoms with E-state index >= 15 is 0 Å². The highest BCUT2D eigenvalue weighted by molar-refractivity contribution is 14.1. The molecule has 0 aliphatic carbocycles. The van der Waals surface area contributed by atoms with E-state index in [-0.39, 0.29) is 0 Å². The summed E-state index contributed by atoms with van der Waals surface area (Å²) in [4.78, 5) is 0. The second-order valence-corrected chi connectivity index (χ2v) is 6.64. The topological polar surface area (TPSA) is 30.5 Å². The van der Waals surface area contributed by atoms with E-state index in [0.717, 1.165) is 34.6 Å². The first-order valence-corrected chi connectivity index (χ1v) is 8.47. The average Bonchev–Trinajstić information content (AvgIpc) is 2.48. The summed E-state index contributed by atoms with van der Waals surface area (Å²) in [6, 6.07) is 14.1. The zero-order valence-corrected chi connectivity index (χ0v) is 15.5. The summed E-state index contributed by atoms with van der Waals surface area (Å²) in [7, 11) is 1.70. The Hall–Kier alpha value is -0.630. The highest BCUT2D eigenvalue weighted by Gasteiger charge is 2.06. The fraction of sp³-hybridized carbons (Fsp3) is 0.250. The molecule has 0 saturated carbocycles. The van der Waals surface area contributed by atoms with Crippen molar-refractivity contribution in [2.75, 3.05) is 20.3 Å². The lowest BCUT2D eigenvalue weighted by atomic mass is 10.2. The zero-order valence-electron chi connectivity index (χ0n) is 11.7. The molecule has 0 amide bonds. The summed E-state index contributed by atoms with van der Waals surface area (Å²) >= 11 is 5.79. The average molecular weight is 462 g/mol. The van der Waals surface area contributed by atoms with Gasteiger partial charge >= 0.3 is 0 Å². The molecule has 0 aliphatic heterocycles. The van der Waals surface area contributed by atoms with Gasteiger partial charge in [-0.3, -0.25) is 0 Å². The molecule has 5 heteroatoms. The van der Waals surface area contributed by atoms with Crippen LogP contribution in [0.25, 0.3) is 0 Å². The molecule has 3 nitrogen and oxygen atoms in total. The smallest absolute Gasteiger partial charge is 0.131 e. The molecule has 0 unspecified atom stereocenters. The van der Waals surface area contributed by atoms with Gasteiger partial charge in [0.15, 0.2) is 0 Å². The third kappa shape index (κ3) is 5.58. The van der Waals surface area contributed by atoms with Crippen LogP contribution < -0.4 is 10.1 Å². The molecule has 0 saturated heterocycles. The molecule has 0 atom stereocenters. The molecular formula is C16H17BrINO2. The fourth-order valence-corrected chi connectivity index (χ4v) is 2.58. The van der Waals surface area contributed by atoms with Crippen molar-refractivity contribution in [1.82, 2.24) is 5.32 Å². The standard InChI is InChI=1S/C16H17BrINO2/c1-20-9-8-19-11-12-10-13(17)2-7-16(12)21-15-5-3-14(18)4-6-15/h2-7,10,19H,8-9,11H2,1H3. The van der Waals surface area contributed by atoms with Crippen LogP contribution in [-0.4, -0.2) is 20.3 Å². The number of ether oxygens (including phenoxy) is 2. The Kier molecular flexibility index (Phi) is 6.95. The minimum atomic E-state index is 0.696. The Morgan fingerprint density at radius 1 is 1.14 bits per heavy atom. The van der Waals surface area contributed by atoms with Gasteiger partial charge in [-0.2, -0.15) is 0 Å². The Bertz CT molecular complexity index is 575. The van der Waals surface area contributed by atoms with Crippen molar-refractivity contribution in [3.8, 4) is 11.5 Å². The fourth-order valence-electron chi connectivity index (χ4n) is 1.81. The number of halogens is 2. The Balaban J connectivity index is 2.08. The molecule has 2 rings (SSSR count). The van der Waals surface area contributed by atoms with Gasteiger partial charge in [0.1, 0.15) is 11.5 Å². The summed E-state index contributed by atoms with van der Waals surface area (Å²) in [5, 5.41) is 3.34. The summed E-state index contributed by atoms with van der Waals surface area (Å²) in [5.74, 6) is 1.71. The SMILES string of the molecule is COCCNCc1cc(Br)ccc1Oc1ccc(I)cc1. The van der Waals surface area contributed by atoms with Crippen LogP contribution in [0.1, 0.15) is 5.56 Å². The van der Waals surface area contributed by atoms with Crippen molar-refractivity contribution >= 4 is 38.5 Å². The molecule has 112 valence electrons. The maximum atomic E-state index is 5.98. The molecule has 0 fully saturated rings. The second-order valence-electron chi connectivity index (χ2n) is 4.48. The largest absolute Gasteiger partial charge is 0.457 e. The number of hydrogen-bond acceptors (Lipinski definition) is 3. The molecule has 0 heterocycles. The molecule has 1 N–H and O–H groups in total. The van der Waals surface area contributed by atoms with Crippen LogP contribution in [0.3, 0.4) is 0 Å². The number of methoxy groups -OCH3 is 1. The van der Waals surface area contributed by atoms with Gasteiger partial charge in [-0.25, -0.2) is 0 Å². The molecule has 0 radical (unpaired) electrons. The maximum absolute atomic E-state index is 5.98. The van der Waals surface area contributed by atoms with E-state index in [1.807, 2.05) is 36.4 Å². The lowest BCUT2D eigenvalue weighted by Gasteiger charge is -2.12. The lowest BCUT2D eigenvalue weighted by Crippen LogP contribution is -2.18. The van der Waals surface area contributed by atoms with Gasteiger partial charge in [-0.1, -0.05) is 15.9 Å². The molecule has 2 aromatic carbocycles. The van der Waals surface area contributed by atoms with Crippen molar-refractivity contribution in [3.63, 3.8) is 0 Å². The predicted molar refractivity (Wildman–Crippen MR) is 97.0 cm³/mol. The Morgan fingerprint density at radius 2 is 1.90 bits per heavy atom. The van der Waals surface area contributed by atoms with Crippen LogP contribution in [0.15, 0.2) is 46.9 Å². The molecule has 21 heavy (non-hydrogen) atoms. The van der Waals surface area contributed by atoms with Crippen LogP contribution in [0.4, 0.5) is 0 Å². The van der Waals surface area contributed by atoms with E-state index in [1.165, 1.54) is 3.57 Å². The van der Waals surface area contributed by atoms with Crippen molar-refractivity contribution in [3.05, 3.63) is 56.1 Å². The lowest BCUT2D eigenvalue weighted by molar-refractivity contribution is 0.199. The van der Waals surface area contributed by atoms with E-state index in [0.29, 0.717) is 6.61 Å². The molecule has 0 aliphatic rings. The summed E-state index contributed by atoms with van der Waals surface area (Å²) in [5.41, 5.74) is 1.11. The quantitative estimate of drug-likeness (QED) is 0.483. The number of rotatable bonds is 7. The monoisotopic (exact) mass is 461 g/mol. The van der Waals surface area contributed by atoms with Crippen molar-refractivity contribution < 1.29 is 9.47 Å². The van der Waals surface area contributed by atoms with Gasteiger partial charge in [-0.05, 0) is 65.1 Å². The van der Waals surface area contributed by atoms with Crippen LogP contribution in [0.5, 0.6) is 11.5 Å². The predicted octanol–water partition coefficient (Wildman–Crippen LogP) is 4.58. The summed E-state index contributed by atoms with van der Waals surface area (Å²) < 4.78 is 13.3. The Morgan fingerprint density at radius 3 is 2.62 bits per heavy atom. The number of hydrogen-bond donors (Lipinski definition) is 1. The highest BCUT2D eigenvalue weighted by atomic mass is 127. The summed E-state index contributed by atoms with van der Waals surface area (Å²) in [6.07, 6.45) is 0. The van der Waals surface area contributed by atoms with Crippen LogP contribution in [-0.2, 0) is 11.3 Å². The number of nitrogens with one attached hydrogen (secondary N) is 1. The molecule has 2 aromatic rings. The molecule has 0 spiro atoms. The Labute approximate surface area is 147 Å². The third-order valence-electron chi connectivity index (χ3n) is 2.86. The maximum Gasteiger partial charge on any atom is 0.131 e. The van der Waals surface area contributed by atoms with E-state index in [4.69, 9.17) is 9.47 Å². The first kappa shape index (κ1) is 16.7. The normalized spacial score (nSPS) is 10.6. The van der Waals surface area contributed by atoms with E-state index in [9.17, 15) is 0 Å². The highest BCUT2D eigenvalue weighted by Crippen LogP contribution is 2.28.